The van der Waals surface area contributed by atoms with E-state index >= 15 is 0 Å². The Balaban J connectivity index is 2.34. The van der Waals surface area contributed by atoms with Crippen molar-refractivity contribution in [2.75, 3.05) is 5.32 Å². The second-order valence-electron chi connectivity index (χ2n) is 4.25. The minimum atomic E-state index is 0.324. The van der Waals surface area contributed by atoms with Gasteiger partial charge in [0.05, 0.1) is 22.8 Å². The SMILES string of the molecule is Cc1ccc(Nc2ccc(C#N)c(C#N)c2)cc1C#N. The third-order valence-electron chi connectivity index (χ3n) is 2.91. The van der Waals surface area contributed by atoms with Crippen LogP contribution in [0.5, 0.6) is 0 Å². The van der Waals surface area contributed by atoms with Gasteiger partial charge in [-0.1, -0.05) is 6.07 Å². The summed E-state index contributed by atoms with van der Waals surface area (Å²) in [4.78, 5) is 0. The Morgan fingerprint density at radius 2 is 1.30 bits per heavy atom. The lowest BCUT2D eigenvalue weighted by atomic mass is 10.1. The largest absolute Gasteiger partial charge is 0.355 e. The van der Waals surface area contributed by atoms with Gasteiger partial charge in [-0.25, -0.2) is 0 Å². The molecule has 0 saturated carbocycles. The predicted molar refractivity (Wildman–Crippen MR) is 75.0 cm³/mol. The molecular formula is C16H10N4. The van der Waals surface area contributed by atoms with Crippen molar-refractivity contribution in [3.8, 4) is 18.2 Å². The summed E-state index contributed by atoms with van der Waals surface area (Å²) in [5.74, 6) is 0. The van der Waals surface area contributed by atoms with Crippen molar-refractivity contribution in [3.05, 3.63) is 58.7 Å². The minimum Gasteiger partial charge on any atom is -0.355 e. The summed E-state index contributed by atoms with van der Waals surface area (Å²) in [6.07, 6.45) is 0. The monoisotopic (exact) mass is 258 g/mol. The van der Waals surface area contributed by atoms with Gasteiger partial charge < -0.3 is 5.32 Å². The van der Waals surface area contributed by atoms with Gasteiger partial charge in [-0.2, -0.15) is 15.8 Å². The van der Waals surface area contributed by atoms with Crippen LogP contribution in [0.25, 0.3) is 0 Å². The second-order valence-corrected chi connectivity index (χ2v) is 4.25. The zero-order valence-corrected chi connectivity index (χ0v) is 10.8. The number of aryl methyl sites for hydroxylation is 1. The molecule has 2 rings (SSSR count). The highest BCUT2D eigenvalue weighted by molar-refractivity contribution is 5.65. The minimum absolute atomic E-state index is 0.324. The fraction of sp³-hybridized carbons (Fsp3) is 0.0625. The molecule has 0 amide bonds. The molecule has 0 aliphatic heterocycles. The van der Waals surface area contributed by atoms with Crippen molar-refractivity contribution in [3.63, 3.8) is 0 Å². The number of nitriles is 3. The second kappa shape index (κ2) is 5.57. The van der Waals surface area contributed by atoms with Crippen LogP contribution in [0.3, 0.4) is 0 Å². The molecule has 20 heavy (non-hydrogen) atoms. The predicted octanol–water partition coefficient (Wildman–Crippen LogP) is 3.35. The van der Waals surface area contributed by atoms with Gasteiger partial charge in [-0.05, 0) is 42.8 Å². The zero-order valence-electron chi connectivity index (χ0n) is 10.8. The third-order valence-corrected chi connectivity index (χ3v) is 2.91. The molecule has 1 N–H and O–H groups in total. The molecule has 0 atom stereocenters. The standard InChI is InChI=1S/C16H10N4/c1-11-2-4-15(6-13(11)9-18)20-16-5-3-12(8-17)14(7-16)10-19/h2-7,20H,1H3. The van der Waals surface area contributed by atoms with Crippen LogP contribution in [0, 0.1) is 40.9 Å². The molecule has 2 aromatic carbocycles. The van der Waals surface area contributed by atoms with Gasteiger partial charge in [0.2, 0.25) is 0 Å². The van der Waals surface area contributed by atoms with Crippen LogP contribution in [0.15, 0.2) is 36.4 Å². The molecule has 0 spiro atoms. The summed E-state index contributed by atoms with van der Waals surface area (Å²) >= 11 is 0. The van der Waals surface area contributed by atoms with Crippen LogP contribution in [0.1, 0.15) is 22.3 Å². The van der Waals surface area contributed by atoms with Crippen LogP contribution < -0.4 is 5.32 Å². The molecular weight excluding hydrogens is 248 g/mol. The topological polar surface area (TPSA) is 83.4 Å². The maximum Gasteiger partial charge on any atom is 0.101 e. The zero-order chi connectivity index (χ0) is 14.5. The van der Waals surface area contributed by atoms with E-state index < -0.39 is 0 Å². The summed E-state index contributed by atoms with van der Waals surface area (Å²) in [6.45, 7) is 1.87. The molecule has 94 valence electrons. The number of hydrogen-bond donors (Lipinski definition) is 1. The van der Waals surface area contributed by atoms with E-state index in [0.717, 1.165) is 11.3 Å². The van der Waals surface area contributed by atoms with Gasteiger partial charge in [0.25, 0.3) is 0 Å². The first-order chi connectivity index (χ1) is 9.67. The van der Waals surface area contributed by atoms with E-state index in [1.54, 1.807) is 24.3 Å². The van der Waals surface area contributed by atoms with Gasteiger partial charge >= 0.3 is 0 Å². The van der Waals surface area contributed by atoms with Crippen LogP contribution in [-0.2, 0) is 0 Å². The fourth-order valence-electron chi connectivity index (χ4n) is 1.80. The molecule has 0 aromatic heterocycles. The molecule has 0 saturated heterocycles. The lowest BCUT2D eigenvalue weighted by molar-refractivity contribution is 1.38. The number of rotatable bonds is 2. The first kappa shape index (κ1) is 13.1. The molecule has 0 radical (unpaired) electrons. The lowest BCUT2D eigenvalue weighted by Gasteiger charge is -2.08. The Bertz CT molecular complexity index is 786. The Hall–Kier alpha value is -3.29. The van der Waals surface area contributed by atoms with Crippen molar-refractivity contribution in [1.82, 2.24) is 0 Å². The van der Waals surface area contributed by atoms with Gasteiger partial charge in [-0.15, -0.1) is 0 Å². The normalized spacial score (nSPS) is 9.10. The van der Waals surface area contributed by atoms with E-state index in [1.165, 1.54) is 0 Å². The van der Waals surface area contributed by atoms with Crippen molar-refractivity contribution < 1.29 is 0 Å². The molecule has 0 aliphatic carbocycles. The molecule has 0 heterocycles. The number of benzene rings is 2. The van der Waals surface area contributed by atoms with E-state index in [-0.39, 0.29) is 0 Å². The molecule has 4 heteroatoms. The quantitative estimate of drug-likeness (QED) is 0.895. The molecule has 4 nitrogen and oxygen atoms in total. The molecule has 0 fully saturated rings. The van der Waals surface area contributed by atoms with Gasteiger partial charge in [0, 0.05) is 11.4 Å². The van der Waals surface area contributed by atoms with Gasteiger partial charge in [0.15, 0.2) is 0 Å². The maximum atomic E-state index is 9.00. The van der Waals surface area contributed by atoms with E-state index in [1.807, 2.05) is 31.2 Å². The van der Waals surface area contributed by atoms with Gasteiger partial charge in [0.1, 0.15) is 12.1 Å². The highest BCUT2D eigenvalue weighted by Gasteiger charge is 2.04. The van der Waals surface area contributed by atoms with Gasteiger partial charge in [-0.3, -0.25) is 0 Å². The summed E-state index contributed by atoms with van der Waals surface area (Å²) < 4.78 is 0. The number of anilines is 2. The number of nitrogens with zero attached hydrogens (tertiary/aromatic N) is 3. The average molecular weight is 258 g/mol. The summed E-state index contributed by atoms with van der Waals surface area (Å²) in [6, 6.07) is 16.5. The number of hydrogen-bond acceptors (Lipinski definition) is 4. The summed E-state index contributed by atoms with van der Waals surface area (Å²) in [7, 11) is 0. The third kappa shape index (κ3) is 2.58. The number of nitrogens with one attached hydrogen (secondary N) is 1. The highest BCUT2D eigenvalue weighted by Crippen LogP contribution is 2.21. The van der Waals surface area contributed by atoms with Crippen LogP contribution in [-0.4, -0.2) is 0 Å². The summed E-state index contributed by atoms with van der Waals surface area (Å²) in [5, 5.41) is 30.0. The Morgan fingerprint density at radius 3 is 1.90 bits per heavy atom. The van der Waals surface area contributed by atoms with E-state index in [9.17, 15) is 0 Å². The highest BCUT2D eigenvalue weighted by atomic mass is 14.9. The van der Waals surface area contributed by atoms with Crippen molar-refractivity contribution in [2.45, 2.75) is 6.92 Å². The van der Waals surface area contributed by atoms with Crippen LogP contribution in [0.2, 0.25) is 0 Å². The molecule has 0 bridgehead atoms. The lowest BCUT2D eigenvalue weighted by Crippen LogP contribution is -1.94. The van der Waals surface area contributed by atoms with Crippen molar-refractivity contribution >= 4 is 11.4 Å². The fourth-order valence-corrected chi connectivity index (χ4v) is 1.80. The Morgan fingerprint density at radius 1 is 0.750 bits per heavy atom. The first-order valence-corrected chi connectivity index (χ1v) is 5.90. The molecule has 0 unspecified atom stereocenters. The van der Waals surface area contributed by atoms with Crippen molar-refractivity contribution in [1.29, 1.82) is 15.8 Å². The average Bonchev–Trinajstić information content (AvgIpc) is 2.49. The maximum absolute atomic E-state index is 9.00. The Kier molecular flexibility index (Phi) is 3.66. The van der Waals surface area contributed by atoms with Crippen molar-refractivity contribution in [2.24, 2.45) is 0 Å². The van der Waals surface area contributed by atoms with E-state index in [4.69, 9.17) is 15.8 Å². The molecule has 2 aromatic rings. The first-order valence-electron chi connectivity index (χ1n) is 5.90. The van der Waals surface area contributed by atoms with Crippen LogP contribution >= 0.6 is 0 Å². The van der Waals surface area contributed by atoms with E-state index in [0.29, 0.717) is 22.4 Å². The Labute approximate surface area is 117 Å². The van der Waals surface area contributed by atoms with E-state index in [2.05, 4.69) is 11.4 Å². The molecule has 0 aliphatic rings. The smallest absolute Gasteiger partial charge is 0.101 e. The van der Waals surface area contributed by atoms with Crippen LogP contribution in [0.4, 0.5) is 11.4 Å². The summed E-state index contributed by atoms with van der Waals surface area (Å²) in [5.41, 5.74) is 3.65.